The van der Waals surface area contributed by atoms with Crippen molar-refractivity contribution in [1.82, 2.24) is 9.78 Å². The van der Waals surface area contributed by atoms with Gasteiger partial charge in [0.05, 0.1) is 24.7 Å². The number of methoxy groups -OCH3 is 1. The molecule has 3 rings (SSSR count). The third kappa shape index (κ3) is 2.52. The van der Waals surface area contributed by atoms with Crippen molar-refractivity contribution in [1.29, 1.82) is 0 Å². The van der Waals surface area contributed by atoms with Crippen molar-refractivity contribution in [2.24, 2.45) is 0 Å². The largest absolute Gasteiger partial charge is 0.496 e. The molecule has 2 N–H and O–H groups in total. The quantitative estimate of drug-likeness (QED) is 0.784. The van der Waals surface area contributed by atoms with Gasteiger partial charge in [-0.05, 0) is 40.2 Å². The molecule has 2 aromatic carbocycles. The minimum absolute atomic E-state index is 0.607. The molecule has 0 unspecified atom stereocenters. The standard InChI is InChI=1S/C16H14BrN3O/c1-21-15-9-5-2-6-11(15)16-13(18)10-20(19-16)14-8-4-3-7-12(14)17/h2-10H,18H2,1H3. The maximum atomic E-state index is 6.13. The molecule has 21 heavy (non-hydrogen) atoms. The summed E-state index contributed by atoms with van der Waals surface area (Å²) in [7, 11) is 1.64. The lowest BCUT2D eigenvalue weighted by molar-refractivity contribution is 0.416. The fourth-order valence-electron chi connectivity index (χ4n) is 2.20. The number of halogens is 1. The van der Waals surface area contributed by atoms with Crippen molar-refractivity contribution < 1.29 is 4.74 Å². The maximum Gasteiger partial charge on any atom is 0.128 e. The van der Waals surface area contributed by atoms with E-state index in [2.05, 4.69) is 21.0 Å². The van der Waals surface area contributed by atoms with Crippen molar-refractivity contribution in [3.63, 3.8) is 0 Å². The molecule has 4 nitrogen and oxygen atoms in total. The van der Waals surface area contributed by atoms with Crippen LogP contribution in [0.1, 0.15) is 0 Å². The molecule has 5 heteroatoms. The second kappa shape index (κ2) is 5.61. The average Bonchev–Trinajstić information content (AvgIpc) is 2.89. The number of aromatic nitrogens is 2. The predicted octanol–water partition coefficient (Wildman–Crippen LogP) is 3.89. The summed E-state index contributed by atoms with van der Waals surface area (Å²) in [4.78, 5) is 0. The highest BCUT2D eigenvalue weighted by Gasteiger charge is 2.14. The number of para-hydroxylation sites is 2. The van der Waals surface area contributed by atoms with E-state index in [1.165, 1.54) is 0 Å². The highest BCUT2D eigenvalue weighted by molar-refractivity contribution is 9.10. The first-order chi connectivity index (χ1) is 10.2. The highest BCUT2D eigenvalue weighted by atomic mass is 79.9. The highest BCUT2D eigenvalue weighted by Crippen LogP contribution is 2.33. The van der Waals surface area contributed by atoms with Crippen LogP contribution < -0.4 is 10.5 Å². The van der Waals surface area contributed by atoms with Crippen molar-refractivity contribution in [3.05, 3.63) is 59.2 Å². The van der Waals surface area contributed by atoms with Crippen LogP contribution in [0.5, 0.6) is 5.75 Å². The predicted molar refractivity (Wildman–Crippen MR) is 87.7 cm³/mol. The summed E-state index contributed by atoms with van der Waals surface area (Å²) in [6, 6.07) is 15.6. The number of nitrogens with two attached hydrogens (primary N) is 1. The Bertz CT molecular complexity index is 783. The van der Waals surface area contributed by atoms with Gasteiger partial charge in [0.1, 0.15) is 11.4 Å². The lowest BCUT2D eigenvalue weighted by Gasteiger charge is -2.06. The average molecular weight is 344 g/mol. The lowest BCUT2D eigenvalue weighted by Crippen LogP contribution is -1.96. The monoisotopic (exact) mass is 343 g/mol. The zero-order valence-corrected chi connectivity index (χ0v) is 13.0. The topological polar surface area (TPSA) is 53.1 Å². The molecule has 1 aromatic heterocycles. The summed E-state index contributed by atoms with van der Waals surface area (Å²) < 4.78 is 8.10. The van der Waals surface area contributed by atoms with Gasteiger partial charge < -0.3 is 10.5 Å². The Labute approximate surface area is 131 Å². The first kappa shape index (κ1) is 13.7. The van der Waals surface area contributed by atoms with Crippen LogP contribution in [0.25, 0.3) is 16.9 Å². The first-order valence-electron chi connectivity index (χ1n) is 6.44. The number of hydrogen-bond acceptors (Lipinski definition) is 3. The molecule has 0 saturated heterocycles. The Morgan fingerprint density at radius 1 is 1.10 bits per heavy atom. The van der Waals surface area contributed by atoms with E-state index in [-0.39, 0.29) is 0 Å². The van der Waals surface area contributed by atoms with Crippen LogP contribution in [0.3, 0.4) is 0 Å². The third-order valence-electron chi connectivity index (χ3n) is 3.20. The Kier molecular flexibility index (Phi) is 3.66. The smallest absolute Gasteiger partial charge is 0.128 e. The van der Waals surface area contributed by atoms with Gasteiger partial charge in [-0.15, -0.1) is 0 Å². The van der Waals surface area contributed by atoms with E-state index in [9.17, 15) is 0 Å². The van der Waals surface area contributed by atoms with Gasteiger partial charge in [0.15, 0.2) is 0 Å². The van der Waals surface area contributed by atoms with Gasteiger partial charge >= 0.3 is 0 Å². The molecule has 0 atom stereocenters. The van der Waals surface area contributed by atoms with Crippen molar-refractivity contribution in [2.45, 2.75) is 0 Å². The van der Waals surface area contributed by atoms with Gasteiger partial charge in [-0.1, -0.05) is 24.3 Å². The zero-order valence-electron chi connectivity index (χ0n) is 11.5. The second-order valence-electron chi connectivity index (χ2n) is 4.53. The third-order valence-corrected chi connectivity index (χ3v) is 3.87. The molecule has 1 heterocycles. The molecule has 0 aliphatic heterocycles. The van der Waals surface area contributed by atoms with Crippen LogP contribution in [-0.2, 0) is 0 Å². The fourth-order valence-corrected chi connectivity index (χ4v) is 2.66. The SMILES string of the molecule is COc1ccccc1-c1nn(-c2ccccc2Br)cc1N. The summed E-state index contributed by atoms with van der Waals surface area (Å²) in [5.74, 6) is 0.751. The van der Waals surface area contributed by atoms with Crippen LogP contribution in [0, 0.1) is 0 Å². The molecule has 0 fully saturated rings. The molecule has 0 bridgehead atoms. The summed E-state index contributed by atoms with van der Waals surface area (Å²) in [6.45, 7) is 0. The number of anilines is 1. The number of nitrogen functional groups attached to an aromatic ring is 1. The molecule has 0 saturated carbocycles. The van der Waals surface area contributed by atoms with E-state index in [4.69, 9.17) is 10.5 Å². The maximum absolute atomic E-state index is 6.13. The van der Waals surface area contributed by atoms with Crippen LogP contribution >= 0.6 is 15.9 Å². The van der Waals surface area contributed by atoms with E-state index in [0.717, 1.165) is 21.5 Å². The second-order valence-corrected chi connectivity index (χ2v) is 5.38. The first-order valence-corrected chi connectivity index (χ1v) is 7.23. The Morgan fingerprint density at radius 3 is 2.57 bits per heavy atom. The van der Waals surface area contributed by atoms with E-state index >= 15 is 0 Å². The molecule has 3 aromatic rings. The van der Waals surface area contributed by atoms with E-state index in [1.54, 1.807) is 11.8 Å². The summed E-state index contributed by atoms with van der Waals surface area (Å²) in [5, 5.41) is 4.60. The minimum Gasteiger partial charge on any atom is -0.496 e. The molecule has 0 aliphatic carbocycles. The number of ether oxygens (including phenoxy) is 1. The van der Waals surface area contributed by atoms with Gasteiger partial charge in [-0.25, -0.2) is 4.68 Å². The van der Waals surface area contributed by atoms with Crippen LogP contribution in [0.2, 0.25) is 0 Å². The summed E-state index contributed by atoms with van der Waals surface area (Å²) >= 11 is 3.52. The molecule has 0 spiro atoms. The summed E-state index contributed by atoms with van der Waals surface area (Å²) in [5.41, 5.74) is 9.26. The van der Waals surface area contributed by atoms with E-state index < -0.39 is 0 Å². The zero-order chi connectivity index (χ0) is 14.8. The number of hydrogen-bond donors (Lipinski definition) is 1. The van der Waals surface area contributed by atoms with E-state index in [0.29, 0.717) is 11.4 Å². The molecular formula is C16H14BrN3O. The van der Waals surface area contributed by atoms with E-state index in [1.807, 2.05) is 54.7 Å². The molecule has 0 radical (unpaired) electrons. The van der Waals surface area contributed by atoms with Gasteiger partial charge in [0.2, 0.25) is 0 Å². The van der Waals surface area contributed by atoms with Crippen LogP contribution in [0.15, 0.2) is 59.2 Å². The molecule has 0 aliphatic rings. The van der Waals surface area contributed by atoms with Gasteiger partial charge in [-0.3, -0.25) is 0 Å². The van der Waals surface area contributed by atoms with Crippen molar-refractivity contribution >= 4 is 21.6 Å². The molecular weight excluding hydrogens is 330 g/mol. The Morgan fingerprint density at radius 2 is 1.81 bits per heavy atom. The van der Waals surface area contributed by atoms with Crippen LogP contribution in [0.4, 0.5) is 5.69 Å². The molecule has 0 amide bonds. The number of nitrogens with zero attached hydrogens (tertiary/aromatic N) is 2. The van der Waals surface area contributed by atoms with Gasteiger partial charge in [0.25, 0.3) is 0 Å². The summed E-state index contributed by atoms with van der Waals surface area (Å²) in [6.07, 6.45) is 1.81. The minimum atomic E-state index is 0.607. The lowest BCUT2D eigenvalue weighted by atomic mass is 10.1. The number of benzene rings is 2. The fraction of sp³-hybridized carbons (Fsp3) is 0.0625. The Balaban J connectivity index is 2.13. The van der Waals surface area contributed by atoms with Gasteiger partial charge in [0, 0.05) is 10.0 Å². The Hall–Kier alpha value is -2.27. The van der Waals surface area contributed by atoms with Crippen LogP contribution in [-0.4, -0.2) is 16.9 Å². The number of rotatable bonds is 3. The van der Waals surface area contributed by atoms with Crippen molar-refractivity contribution in [3.8, 4) is 22.7 Å². The van der Waals surface area contributed by atoms with Gasteiger partial charge in [-0.2, -0.15) is 5.10 Å². The molecule has 106 valence electrons. The van der Waals surface area contributed by atoms with Crippen molar-refractivity contribution in [2.75, 3.05) is 12.8 Å². The normalized spacial score (nSPS) is 10.6.